The van der Waals surface area contributed by atoms with Gasteiger partial charge < -0.3 is 9.88 Å². The number of hydrogen-bond acceptors (Lipinski definition) is 3. The van der Waals surface area contributed by atoms with Crippen LogP contribution in [0, 0.1) is 11.3 Å². The molecule has 0 amide bonds. The minimum absolute atomic E-state index is 0.495. The summed E-state index contributed by atoms with van der Waals surface area (Å²) < 4.78 is 1.88. The molecule has 0 aliphatic rings. The summed E-state index contributed by atoms with van der Waals surface area (Å²) in [7, 11) is 0. The number of rotatable bonds is 5. The van der Waals surface area contributed by atoms with Gasteiger partial charge in [-0.15, -0.1) is 0 Å². The van der Waals surface area contributed by atoms with Crippen LogP contribution in [0.3, 0.4) is 0 Å². The van der Waals surface area contributed by atoms with Crippen LogP contribution in [0.25, 0.3) is 0 Å². The van der Waals surface area contributed by atoms with Gasteiger partial charge in [0.25, 0.3) is 0 Å². The molecule has 76 valence electrons. The van der Waals surface area contributed by atoms with Crippen LogP contribution in [0.2, 0.25) is 0 Å². The van der Waals surface area contributed by atoms with Crippen molar-refractivity contribution < 1.29 is 0 Å². The molecule has 1 aromatic rings. The summed E-state index contributed by atoms with van der Waals surface area (Å²) in [5.74, 6) is 0.495. The normalized spacial score (nSPS) is 10.4. The summed E-state index contributed by atoms with van der Waals surface area (Å²) in [5.41, 5.74) is 0. The number of aryl methyl sites for hydroxylation is 1. The topological polar surface area (TPSA) is 53.6 Å². The quantitative estimate of drug-likeness (QED) is 0.712. The van der Waals surface area contributed by atoms with E-state index in [4.69, 9.17) is 5.26 Å². The number of aromatic nitrogens is 2. The number of nitrogens with zero attached hydrogens (tertiary/aromatic N) is 3. The van der Waals surface area contributed by atoms with E-state index in [1.807, 2.05) is 10.8 Å². The van der Waals surface area contributed by atoms with Crippen molar-refractivity contribution in [3.8, 4) is 6.07 Å². The van der Waals surface area contributed by atoms with E-state index in [0.717, 1.165) is 19.5 Å². The van der Waals surface area contributed by atoms with Gasteiger partial charge in [0, 0.05) is 25.0 Å². The van der Waals surface area contributed by atoms with Gasteiger partial charge in [-0.2, -0.15) is 5.26 Å². The third-order valence-electron chi connectivity index (χ3n) is 1.94. The zero-order chi connectivity index (χ0) is 10.4. The van der Waals surface area contributed by atoms with E-state index in [-0.39, 0.29) is 0 Å². The van der Waals surface area contributed by atoms with Crippen molar-refractivity contribution in [2.75, 3.05) is 6.54 Å². The van der Waals surface area contributed by atoms with Gasteiger partial charge in [0.15, 0.2) is 0 Å². The average Bonchev–Trinajstić information content (AvgIpc) is 2.59. The van der Waals surface area contributed by atoms with Gasteiger partial charge in [-0.1, -0.05) is 13.8 Å². The largest absolute Gasteiger partial charge is 0.323 e. The Balaban J connectivity index is 2.28. The molecule has 14 heavy (non-hydrogen) atoms. The minimum atomic E-state index is 0.495. The Kier molecular flexibility index (Phi) is 4.14. The SMILES string of the molecule is CC(C)NCCCn1ccnc1C#N. The number of hydrogen-bond donors (Lipinski definition) is 1. The van der Waals surface area contributed by atoms with Crippen molar-refractivity contribution in [3.05, 3.63) is 18.2 Å². The van der Waals surface area contributed by atoms with Gasteiger partial charge >= 0.3 is 0 Å². The highest BCUT2D eigenvalue weighted by molar-refractivity contribution is 5.10. The van der Waals surface area contributed by atoms with Gasteiger partial charge in [0.05, 0.1) is 0 Å². The van der Waals surface area contributed by atoms with Crippen LogP contribution in [0.1, 0.15) is 26.1 Å². The molecule has 4 nitrogen and oxygen atoms in total. The van der Waals surface area contributed by atoms with Crippen LogP contribution in [-0.4, -0.2) is 22.1 Å². The summed E-state index contributed by atoms with van der Waals surface area (Å²) in [6.45, 7) is 6.07. The Labute approximate surface area is 84.6 Å². The molecule has 0 radical (unpaired) electrons. The third kappa shape index (κ3) is 3.19. The minimum Gasteiger partial charge on any atom is -0.323 e. The summed E-state index contributed by atoms with van der Waals surface area (Å²) in [6, 6.07) is 2.58. The van der Waals surface area contributed by atoms with Gasteiger partial charge in [0.1, 0.15) is 6.07 Å². The van der Waals surface area contributed by atoms with E-state index in [1.54, 1.807) is 6.20 Å². The Hall–Kier alpha value is -1.34. The van der Waals surface area contributed by atoms with E-state index < -0.39 is 0 Å². The predicted octanol–water partition coefficient (Wildman–Crippen LogP) is 1.14. The van der Waals surface area contributed by atoms with Crippen LogP contribution in [0.5, 0.6) is 0 Å². The zero-order valence-electron chi connectivity index (χ0n) is 8.70. The van der Waals surface area contributed by atoms with Crippen molar-refractivity contribution >= 4 is 0 Å². The molecule has 1 N–H and O–H groups in total. The lowest BCUT2D eigenvalue weighted by atomic mass is 10.3. The van der Waals surface area contributed by atoms with Crippen LogP contribution in [-0.2, 0) is 6.54 Å². The molecule has 0 bridgehead atoms. The third-order valence-corrected chi connectivity index (χ3v) is 1.94. The van der Waals surface area contributed by atoms with E-state index >= 15 is 0 Å². The molecular weight excluding hydrogens is 176 g/mol. The maximum atomic E-state index is 8.70. The number of imidazole rings is 1. The van der Waals surface area contributed by atoms with Crippen LogP contribution >= 0.6 is 0 Å². The second-order valence-electron chi connectivity index (χ2n) is 3.52. The monoisotopic (exact) mass is 192 g/mol. The molecule has 0 saturated heterocycles. The first-order valence-corrected chi connectivity index (χ1v) is 4.88. The van der Waals surface area contributed by atoms with Gasteiger partial charge in [-0.3, -0.25) is 0 Å². The highest BCUT2D eigenvalue weighted by Gasteiger charge is 1.99. The average molecular weight is 192 g/mol. The smallest absolute Gasteiger partial charge is 0.212 e. The van der Waals surface area contributed by atoms with Gasteiger partial charge in [-0.05, 0) is 13.0 Å². The molecule has 0 fully saturated rings. The number of nitriles is 1. The molecule has 0 atom stereocenters. The molecule has 0 saturated carbocycles. The lowest BCUT2D eigenvalue weighted by molar-refractivity contribution is 0.534. The van der Waals surface area contributed by atoms with E-state index in [1.165, 1.54) is 0 Å². The lowest BCUT2D eigenvalue weighted by Gasteiger charge is -2.08. The molecule has 0 aliphatic heterocycles. The van der Waals surface area contributed by atoms with Crippen LogP contribution in [0.15, 0.2) is 12.4 Å². The second kappa shape index (κ2) is 5.40. The lowest BCUT2D eigenvalue weighted by Crippen LogP contribution is -2.24. The predicted molar refractivity (Wildman–Crippen MR) is 54.7 cm³/mol. The second-order valence-corrected chi connectivity index (χ2v) is 3.52. The molecule has 0 unspecified atom stereocenters. The van der Waals surface area contributed by atoms with Crippen molar-refractivity contribution in [1.82, 2.24) is 14.9 Å². The Bertz CT molecular complexity index is 308. The first-order chi connectivity index (χ1) is 6.74. The molecule has 1 heterocycles. The maximum absolute atomic E-state index is 8.70. The fourth-order valence-corrected chi connectivity index (χ4v) is 1.24. The first kappa shape index (κ1) is 10.7. The zero-order valence-corrected chi connectivity index (χ0v) is 8.70. The summed E-state index contributed by atoms with van der Waals surface area (Å²) in [6.07, 6.45) is 4.52. The Morgan fingerprint density at radius 3 is 3.07 bits per heavy atom. The standard InChI is InChI=1S/C10H16N4/c1-9(2)12-4-3-6-14-7-5-13-10(14)8-11/h5,7,9,12H,3-4,6H2,1-2H3. The molecule has 4 heteroatoms. The first-order valence-electron chi connectivity index (χ1n) is 4.88. The fourth-order valence-electron chi connectivity index (χ4n) is 1.24. The van der Waals surface area contributed by atoms with Crippen molar-refractivity contribution in [2.24, 2.45) is 0 Å². The van der Waals surface area contributed by atoms with Gasteiger partial charge in [0.2, 0.25) is 5.82 Å². The highest BCUT2D eigenvalue weighted by Crippen LogP contribution is 1.97. The molecule has 0 aliphatic carbocycles. The van der Waals surface area contributed by atoms with Crippen molar-refractivity contribution in [2.45, 2.75) is 32.9 Å². The fraction of sp³-hybridized carbons (Fsp3) is 0.600. The summed E-state index contributed by atoms with van der Waals surface area (Å²) in [5, 5.41) is 12.0. The van der Waals surface area contributed by atoms with E-state index in [9.17, 15) is 0 Å². The molecular formula is C10H16N4. The summed E-state index contributed by atoms with van der Waals surface area (Å²) in [4.78, 5) is 3.93. The Morgan fingerprint density at radius 2 is 2.43 bits per heavy atom. The Morgan fingerprint density at radius 1 is 1.64 bits per heavy atom. The maximum Gasteiger partial charge on any atom is 0.212 e. The molecule has 0 aromatic carbocycles. The number of nitrogens with one attached hydrogen (secondary N) is 1. The van der Waals surface area contributed by atoms with Gasteiger partial charge in [-0.25, -0.2) is 4.98 Å². The van der Waals surface area contributed by atoms with Crippen molar-refractivity contribution in [1.29, 1.82) is 5.26 Å². The molecule has 0 spiro atoms. The van der Waals surface area contributed by atoms with Crippen molar-refractivity contribution in [3.63, 3.8) is 0 Å². The molecule has 1 aromatic heterocycles. The van der Waals surface area contributed by atoms with Crippen LogP contribution < -0.4 is 5.32 Å². The van der Waals surface area contributed by atoms with E-state index in [0.29, 0.717) is 11.9 Å². The van der Waals surface area contributed by atoms with Crippen LogP contribution in [0.4, 0.5) is 0 Å². The van der Waals surface area contributed by atoms with E-state index in [2.05, 4.69) is 30.2 Å². The highest BCUT2D eigenvalue weighted by atomic mass is 15.1. The summed E-state index contributed by atoms with van der Waals surface area (Å²) >= 11 is 0. The molecule has 1 rings (SSSR count).